The molecule has 0 bridgehead atoms. The fourth-order valence-corrected chi connectivity index (χ4v) is 23.4. The van der Waals surface area contributed by atoms with Crippen LogP contribution in [0.25, 0.3) is 284 Å². The molecule has 0 aliphatic rings. The molecule has 30 rings (SSSR count). The molecule has 0 saturated carbocycles. The lowest BCUT2D eigenvalue weighted by molar-refractivity contribution is 0.672. The minimum Gasteiger partial charge on any atom is -0.455 e. The third-order valence-corrected chi connectivity index (χ3v) is 30.6. The summed E-state index contributed by atoms with van der Waals surface area (Å²) in [6.07, 6.45) is 0. The second kappa shape index (κ2) is 38.0. The van der Waals surface area contributed by atoms with Gasteiger partial charge in [-0.05, 0) is 133 Å². The summed E-state index contributed by atoms with van der Waals surface area (Å²) in [5.74, 6) is 7.97. The molecule has 0 amide bonds. The van der Waals surface area contributed by atoms with Gasteiger partial charge in [-0.2, -0.15) is 0 Å². The summed E-state index contributed by atoms with van der Waals surface area (Å²) in [6.45, 7) is 0. The molecule has 0 atom stereocenters. The third kappa shape index (κ3) is 16.8. The van der Waals surface area contributed by atoms with Crippen molar-refractivity contribution < 1.29 is 4.42 Å². The van der Waals surface area contributed by atoms with Crippen molar-refractivity contribution in [2.24, 2.45) is 0 Å². The Labute approximate surface area is 860 Å². The van der Waals surface area contributed by atoms with Gasteiger partial charge in [0.15, 0.2) is 69.9 Å². The summed E-state index contributed by atoms with van der Waals surface area (Å²) in [5.41, 5.74) is 13.3. The molecule has 8 aromatic heterocycles. The van der Waals surface area contributed by atoms with Gasteiger partial charge in [-0.25, -0.2) is 59.8 Å². The zero-order chi connectivity index (χ0) is 97.9. The number of rotatable bonds is 12. The number of benzene rings is 22. The third-order valence-electron chi connectivity index (χ3n) is 27.2. The highest BCUT2D eigenvalue weighted by Crippen LogP contribution is 2.46. The second-order valence-corrected chi connectivity index (χ2v) is 39.7. The van der Waals surface area contributed by atoms with Gasteiger partial charge in [-0.1, -0.05) is 406 Å². The quantitative estimate of drug-likeness (QED) is 0.106. The van der Waals surface area contributed by atoms with Crippen LogP contribution in [0.4, 0.5) is 0 Å². The number of furan rings is 1. The predicted molar refractivity (Wildman–Crippen MR) is 616 cm³/mol. The zero-order valence-corrected chi connectivity index (χ0v) is 81.6. The van der Waals surface area contributed by atoms with Crippen molar-refractivity contribution in [2.45, 2.75) is 0 Å². The molecule has 692 valence electrons. The Balaban J connectivity index is 0.0000000978. The van der Waals surface area contributed by atoms with Crippen LogP contribution in [0.1, 0.15) is 0 Å². The fraction of sp³-hybridized carbons (Fsp3) is 0. The Bertz CT molecular complexity index is 10200. The average Bonchev–Trinajstić information content (AvgIpc) is 1.58. The van der Waals surface area contributed by atoms with Crippen molar-refractivity contribution in [1.29, 1.82) is 0 Å². The van der Waals surface area contributed by atoms with Crippen LogP contribution >= 0.6 is 34.0 Å². The topological polar surface area (TPSA) is 168 Å². The summed E-state index contributed by atoms with van der Waals surface area (Å²) in [5, 5.41) is 23.8. The number of aromatic nitrogens is 12. The first-order valence-electron chi connectivity index (χ1n) is 49.0. The van der Waals surface area contributed by atoms with Crippen LogP contribution in [-0.4, -0.2) is 59.8 Å². The lowest BCUT2D eigenvalue weighted by atomic mass is 9.97. The van der Waals surface area contributed by atoms with E-state index in [2.05, 4.69) is 255 Å². The maximum absolute atomic E-state index is 6.49. The number of hydrogen-bond acceptors (Lipinski definition) is 16. The highest BCUT2D eigenvalue weighted by molar-refractivity contribution is 7.26. The molecule has 16 heteroatoms. The van der Waals surface area contributed by atoms with E-state index in [-0.39, 0.29) is 0 Å². The van der Waals surface area contributed by atoms with Gasteiger partial charge in [0.1, 0.15) is 11.2 Å². The molecule has 148 heavy (non-hydrogen) atoms. The van der Waals surface area contributed by atoms with Gasteiger partial charge >= 0.3 is 0 Å². The molecule has 0 radical (unpaired) electrons. The Hall–Kier alpha value is -19.1. The summed E-state index contributed by atoms with van der Waals surface area (Å²) in [7, 11) is 0. The van der Waals surface area contributed by atoms with Gasteiger partial charge in [0, 0.05) is 149 Å². The van der Waals surface area contributed by atoms with Gasteiger partial charge in [0.05, 0.1) is 0 Å². The number of nitrogens with zero attached hydrogens (tertiary/aromatic N) is 12. The van der Waals surface area contributed by atoms with E-state index >= 15 is 0 Å². The Morgan fingerprint density at radius 2 is 0.419 bits per heavy atom. The van der Waals surface area contributed by atoms with E-state index in [9.17, 15) is 0 Å². The van der Waals surface area contributed by atoms with Crippen LogP contribution in [-0.2, 0) is 0 Å². The van der Waals surface area contributed by atoms with Crippen LogP contribution < -0.4 is 0 Å². The van der Waals surface area contributed by atoms with Gasteiger partial charge in [0.2, 0.25) is 0 Å². The number of hydrogen-bond donors (Lipinski definition) is 0. The first kappa shape index (κ1) is 87.9. The molecule has 0 N–H and O–H groups in total. The van der Waals surface area contributed by atoms with Crippen LogP contribution in [0.5, 0.6) is 0 Å². The van der Waals surface area contributed by atoms with Crippen molar-refractivity contribution >= 4 is 181 Å². The first-order chi connectivity index (χ1) is 73.3. The molecular weight excluding hydrogens is 1870 g/mol. The number of thiophene rings is 3. The summed E-state index contributed by atoms with van der Waals surface area (Å²) >= 11 is 5.52. The standard InChI is InChI=1S/C39H23N3O.3C31H19N3S/c1-2-11-27(12-3-1)37-40-38(31-17-8-13-25-21-20-24-10-4-5-15-28(24)34(25)31)42-39(41-37)32-18-9-14-26-22-23-30-29-16-6-7-19-33(29)43-36(30)35(26)32;1-3-10-20(11-4-1)29-32-30(21-12-5-2-6-13-21)34-31(33-29)24-16-9-14-22-18-28-26(19-25(22)24)23-15-7-8-17-27(23)35-28;1-3-9-20(10-4-1)29-32-30(21-11-5-2-6-12-21)34-31(33-29)23-16-15-22-19-28-26(18-24(22)17-23)25-13-7-8-14-27(25)35-28;1-3-9-20(10-4-1)29-32-30(21-11-5-2-6-12-21)34-31(33-29)23-16-15-22-18-26-25-13-7-8-14-27(25)35-28(26)19-24(22)17-23/h1-23H;3*1-19H. The lowest BCUT2D eigenvalue weighted by Gasteiger charge is -2.13. The fourth-order valence-electron chi connectivity index (χ4n) is 20.0. The normalized spacial score (nSPS) is 11.5. The maximum atomic E-state index is 6.49. The molecule has 0 aliphatic carbocycles. The van der Waals surface area contributed by atoms with Gasteiger partial charge < -0.3 is 4.42 Å². The van der Waals surface area contributed by atoms with Crippen molar-refractivity contribution in [3.05, 3.63) is 485 Å². The molecule has 22 aromatic carbocycles. The average molecular weight is 1950 g/mol. The molecule has 30 aromatic rings. The highest BCUT2D eigenvalue weighted by Gasteiger charge is 2.24. The van der Waals surface area contributed by atoms with E-state index in [1.54, 1.807) is 0 Å². The Morgan fingerprint density at radius 3 is 0.865 bits per heavy atom. The minimum absolute atomic E-state index is 0.611. The molecule has 13 nitrogen and oxygen atoms in total. The second-order valence-electron chi connectivity index (χ2n) is 36.4. The van der Waals surface area contributed by atoms with Crippen LogP contribution in [0, 0.1) is 0 Å². The summed E-state index contributed by atoms with van der Waals surface area (Å²) < 4.78 is 14.3. The van der Waals surface area contributed by atoms with E-state index in [1.807, 2.05) is 265 Å². The maximum Gasteiger partial charge on any atom is 0.164 e. The van der Waals surface area contributed by atoms with Gasteiger partial charge in [-0.15, -0.1) is 34.0 Å². The minimum atomic E-state index is 0.611. The molecule has 0 unspecified atom stereocenters. The zero-order valence-electron chi connectivity index (χ0n) is 79.2. The molecule has 0 fully saturated rings. The SMILES string of the molecule is c1ccc(-c2nc(-c3cccc4ccc5ccccc5c34)nc(-c3cccc4ccc5c6ccccc6oc5c34)n2)cc1.c1ccc(-c2nc(-c3ccccc3)nc(-c3ccc4cc5c(cc4c3)sc3ccccc35)n2)cc1.c1ccc(-c2nc(-c3ccccc3)nc(-c3ccc4cc5sc6ccccc6c5cc4c3)n2)cc1.c1ccc(-c2nc(-c3ccccc3)nc(-c3cccc4cc5sc6ccccc6c5cc34)n2)cc1. The van der Waals surface area contributed by atoms with Crippen LogP contribution in [0.3, 0.4) is 0 Å². The number of para-hydroxylation sites is 1. The van der Waals surface area contributed by atoms with Crippen LogP contribution in [0.15, 0.2) is 490 Å². The molecule has 0 saturated heterocycles. The van der Waals surface area contributed by atoms with Crippen molar-refractivity contribution in [1.82, 2.24) is 59.8 Å². The molecule has 0 spiro atoms. The largest absolute Gasteiger partial charge is 0.455 e. The highest BCUT2D eigenvalue weighted by atomic mass is 32.1. The molecular formula is C132H80N12OS3. The van der Waals surface area contributed by atoms with E-state index in [0.29, 0.717) is 69.9 Å². The summed E-state index contributed by atoms with van der Waals surface area (Å²) in [6, 6.07) is 167. The molecule has 8 heterocycles. The smallest absolute Gasteiger partial charge is 0.164 e. The molecule has 0 aliphatic heterocycles. The predicted octanol–water partition coefficient (Wildman–Crippen LogP) is 35.4. The monoisotopic (exact) mass is 1940 g/mol. The van der Waals surface area contributed by atoms with Crippen LogP contribution in [0.2, 0.25) is 0 Å². The van der Waals surface area contributed by atoms with Gasteiger partial charge in [0.25, 0.3) is 0 Å². The summed E-state index contributed by atoms with van der Waals surface area (Å²) in [4.78, 5) is 59.3. The van der Waals surface area contributed by atoms with E-state index in [0.717, 1.165) is 116 Å². The Morgan fingerprint density at radius 1 is 0.135 bits per heavy atom. The Kier molecular flexibility index (Phi) is 22.5. The van der Waals surface area contributed by atoms with E-state index < -0.39 is 0 Å². The first-order valence-corrected chi connectivity index (χ1v) is 51.5. The van der Waals surface area contributed by atoms with E-state index in [1.165, 1.54) is 98.2 Å². The lowest BCUT2D eigenvalue weighted by Crippen LogP contribution is -2.01. The van der Waals surface area contributed by atoms with Crippen molar-refractivity contribution in [3.8, 4) is 137 Å². The van der Waals surface area contributed by atoms with Gasteiger partial charge in [-0.3, -0.25) is 0 Å². The number of fused-ring (bicyclic) bond motifs is 20. The van der Waals surface area contributed by atoms with Crippen molar-refractivity contribution in [2.75, 3.05) is 0 Å². The van der Waals surface area contributed by atoms with E-state index in [4.69, 9.17) is 64.2 Å². The van der Waals surface area contributed by atoms with Crippen molar-refractivity contribution in [3.63, 3.8) is 0 Å².